The summed E-state index contributed by atoms with van der Waals surface area (Å²) in [5, 5.41) is 5.89. The van der Waals surface area contributed by atoms with E-state index < -0.39 is 0 Å². The molecule has 1 saturated heterocycles. The van der Waals surface area contributed by atoms with Crippen molar-refractivity contribution in [2.24, 2.45) is 5.92 Å². The van der Waals surface area contributed by atoms with E-state index in [1.807, 2.05) is 6.92 Å². The first kappa shape index (κ1) is 11.5. The second kappa shape index (κ2) is 5.32. The van der Waals surface area contributed by atoms with Gasteiger partial charge < -0.3 is 15.5 Å². The molecule has 82 valence electrons. The first-order valence-electron chi connectivity index (χ1n) is 5.27. The molecule has 0 aromatic rings. The number of nitrogens with one attached hydrogen (secondary N) is 2. The van der Waals surface area contributed by atoms with Gasteiger partial charge in [0.15, 0.2) is 0 Å². The van der Waals surface area contributed by atoms with Gasteiger partial charge in [-0.15, -0.1) is 0 Å². The van der Waals surface area contributed by atoms with Crippen molar-refractivity contribution in [3.63, 3.8) is 0 Å². The first-order valence-corrected chi connectivity index (χ1v) is 5.27. The highest BCUT2D eigenvalue weighted by Gasteiger charge is 2.20. The van der Waals surface area contributed by atoms with Gasteiger partial charge in [-0.1, -0.05) is 0 Å². The third-order valence-electron chi connectivity index (χ3n) is 2.84. The van der Waals surface area contributed by atoms with Crippen molar-refractivity contribution in [1.29, 1.82) is 0 Å². The second-order valence-electron chi connectivity index (χ2n) is 4.16. The molecule has 0 aromatic carbocycles. The molecule has 0 saturated carbocycles. The topological polar surface area (TPSA) is 44.4 Å². The van der Waals surface area contributed by atoms with E-state index in [0.29, 0.717) is 5.92 Å². The molecule has 0 bridgehead atoms. The van der Waals surface area contributed by atoms with Crippen LogP contribution in [0.4, 0.5) is 0 Å². The monoisotopic (exact) mass is 199 g/mol. The summed E-state index contributed by atoms with van der Waals surface area (Å²) in [7, 11) is 3.81. The number of amides is 1. The minimum absolute atomic E-state index is 0.0661. The largest absolute Gasteiger partial charge is 0.358 e. The van der Waals surface area contributed by atoms with Gasteiger partial charge in [0.05, 0.1) is 6.04 Å². The molecule has 2 unspecified atom stereocenters. The van der Waals surface area contributed by atoms with E-state index in [9.17, 15) is 4.79 Å². The van der Waals surface area contributed by atoms with Gasteiger partial charge in [-0.05, 0) is 39.4 Å². The first-order chi connectivity index (χ1) is 6.63. The summed E-state index contributed by atoms with van der Waals surface area (Å²) in [5.74, 6) is 0.767. The maximum Gasteiger partial charge on any atom is 0.236 e. The molecule has 2 atom stereocenters. The fraction of sp³-hybridized carbons (Fsp3) is 0.900. The Bertz CT molecular complexity index is 196. The van der Waals surface area contributed by atoms with Crippen molar-refractivity contribution in [1.82, 2.24) is 15.5 Å². The van der Waals surface area contributed by atoms with Crippen molar-refractivity contribution in [3.05, 3.63) is 0 Å². The van der Waals surface area contributed by atoms with E-state index in [1.165, 1.54) is 13.0 Å². The highest BCUT2D eigenvalue weighted by molar-refractivity contribution is 5.80. The van der Waals surface area contributed by atoms with Crippen LogP contribution in [0.1, 0.15) is 13.3 Å². The second-order valence-corrected chi connectivity index (χ2v) is 4.16. The zero-order valence-electron chi connectivity index (χ0n) is 9.34. The summed E-state index contributed by atoms with van der Waals surface area (Å²) in [4.78, 5) is 13.5. The van der Waals surface area contributed by atoms with Crippen LogP contribution in [-0.4, -0.2) is 50.6 Å². The van der Waals surface area contributed by atoms with E-state index in [2.05, 4.69) is 22.6 Å². The lowest BCUT2D eigenvalue weighted by Gasteiger charge is -2.15. The standard InChI is InChI=1S/C10H21N3O/c1-8(10(14)11-2)12-6-9-4-5-13(3)7-9/h8-9,12H,4-7H2,1-3H3,(H,11,14). The molecular weight excluding hydrogens is 178 g/mol. The average molecular weight is 199 g/mol. The Morgan fingerprint density at radius 1 is 1.64 bits per heavy atom. The lowest BCUT2D eigenvalue weighted by atomic mass is 10.1. The SMILES string of the molecule is CNC(=O)C(C)NCC1CCN(C)C1. The molecule has 1 aliphatic rings. The Kier molecular flexibility index (Phi) is 4.35. The molecule has 0 spiro atoms. The predicted molar refractivity (Wildman–Crippen MR) is 57.1 cm³/mol. The maximum atomic E-state index is 11.2. The van der Waals surface area contributed by atoms with Crippen LogP contribution in [0.5, 0.6) is 0 Å². The average Bonchev–Trinajstić information content (AvgIpc) is 2.59. The Morgan fingerprint density at radius 3 is 2.86 bits per heavy atom. The molecule has 0 radical (unpaired) electrons. The van der Waals surface area contributed by atoms with Gasteiger partial charge in [0, 0.05) is 13.6 Å². The van der Waals surface area contributed by atoms with Gasteiger partial charge in [-0.25, -0.2) is 0 Å². The number of hydrogen-bond donors (Lipinski definition) is 2. The molecule has 2 N–H and O–H groups in total. The van der Waals surface area contributed by atoms with Crippen LogP contribution in [0.15, 0.2) is 0 Å². The fourth-order valence-corrected chi connectivity index (χ4v) is 1.85. The zero-order chi connectivity index (χ0) is 10.6. The van der Waals surface area contributed by atoms with Crippen LogP contribution in [-0.2, 0) is 4.79 Å². The van der Waals surface area contributed by atoms with E-state index in [1.54, 1.807) is 7.05 Å². The third-order valence-corrected chi connectivity index (χ3v) is 2.84. The smallest absolute Gasteiger partial charge is 0.236 e. The third kappa shape index (κ3) is 3.27. The Hall–Kier alpha value is -0.610. The van der Waals surface area contributed by atoms with Gasteiger partial charge >= 0.3 is 0 Å². The summed E-state index contributed by atoms with van der Waals surface area (Å²) in [6.45, 7) is 5.17. The quantitative estimate of drug-likeness (QED) is 0.651. The van der Waals surface area contributed by atoms with Crippen molar-refractivity contribution >= 4 is 5.91 Å². The maximum absolute atomic E-state index is 11.2. The van der Waals surface area contributed by atoms with Crippen LogP contribution < -0.4 is 10.6 Å². The van der Waals surface area contributed by atoms with Crippen LogP contribution in [0, 0.1) is 5.92 Å². The Morgan fingerprint density at radius 2 is 2.36 bits per heavy atom. The summed E-state index contributed by atoms with van der Waals surface area (Å²) in [5.41, 5.74) is 0. The predicted octanol–water partition coefficient (Wildman–Crippen LogP) is -0.338. The minimum Gasteiger partial charge on any atom is -0.358 e. The van der Waals surface area contributed by atoms with Crippen LogP contribution in [0.2, 0.25) is 0 Å². The molecule has 4 nitrogen and oxygen atoms in total. The summed E-state index contributed by atoms with van der Waals surface area (Å²) < 4.78 is 0. The number of rotatable bonds is 4. The van der Waals surface area contributed by atoms with E-state index in [-0.39, 0.29) is 11.9 Å². The number of likely N-dealkylation sites (tertiary alicyclic amines) is 1. The number of nitrogens with zero attached hydrogens (tertiary/aromatic N) is 1. The van der Waals surface area contributed by atoms with Gasteiger partial charge in [0.1, 0.15) is 0 Å². The van der Waals surface area contributed by atoms with Crippen molar-refractivity contribution in [3.8, 4) is 0 Å². The lowest BCUT2D eigenvalue weighted by molar-refractivity contribution is -0.122. The van der Waals surface area contributed by atoms with Gasteiger partial charge in [-0.2, -0.15) is 0 Å². The number of carbonyl (C=O) groups is 1. The zero-order valence-corrected chi connectivity index (χ0v) is 9.34. The molecule has 1 amide bonds. The molecule has 1 aliphatic heterocycles. The van der Waals surface area contributed by atoms with E-state index >= 15 is 0 Å². The molecule has 0 aliphatic carbocycles. The fourth-order valence-electron chi connectivity index (χ4n) is 1.85. The molecule has 4 heteroatoms. The van der Waals surface area contributed by atoms with Crippen molar-refractivity contribution in [2.45, 2.75) is 19.4 Å². The van der Waals surface area contributed by atoms with Crippen molar-refractivity contribution in [2.75, 3.05) is 33.7 Å². The number of carbonyl (C=O) groups excluding carboxylic acids is 1. The number of likely N-dealkylation sites (N-methyl/N-ethyl adjacent to an activating group) is 1. The highest BCUT2D eigenvalue weighted by atomic mass is 16.2. The highest BCUT2D eigenvalue weighted by Crippen LogP contribution is 2.12. The van der Waals surface area contributed by atoms with Gasteiger partial charge in [-0.3, -0.25) is 4.79 Å². The summed E-state index contributed by atoms with van der Waals surface area (Å²) in [6.07, 6.45) is 1.24. The van der Waals surface area contributed by atoms with Crippen LogP contribution >= 0.6 is 0 Å². The minimum atomic E-state index is -0.0779. The normalized spacial score (nSPS) is 24.9. The molecule has 0 aromatic heterocycles. The van der Waals surface area contributed by atoms with Crippen LogP contribution in [0.3, 0.4) is 0 Å². The Labute approximate surface area is 86.0 Å². The Balaban J connectivity index is 2.17. The molecule has 1 fully saturated rings. The van der Waals surface area contributed by atoms with E-state index in [0.717, 1.165) is 13.1 Å². The number of hydrogen-bond acceptors (Lipinski definition) is 3. The summed E-state index contributed by atoms with van der Waals surface area (Å²) in [6, 6.07) is -0.0779. The molecule has 14 heavy (non-hydrogen) atoms. The molecule has 1 rings (SSSR count). The van der Waals surface area contributed by atoms with E-state index in [4.69, 9.17) is 0 Å². The van der Waals surface area contributed by atoms with Crippen molar-refractivity contribution < 1.29 is 4.79 Å². The molecule has 1 heterocycles. The van der Waals surface area contributed by atoms with Gasteiger partial charge in [0.25, 0.3) is 0 Å². The lowest BCUT2D eigenvalue weighted by Crippen LogP contribution is -2.42. The molecular formula is C10H21N3O. The summed E-state index contributed by atoms with van der Waals surface area (Å²) >= 11 is 0. The van der Waals surface area contributed by atoms with Crippen LogP contribution in [0.25, 0.3) is 0 Å². The van der Waals surface area contributed by atoms with Gasteiger partial charge in [0.2, 0.25) is 5.91 Å².